The number of hydrogen-bond acceptors (Lipinski definition) is 7. The second kappa shape index (κ2) is 10.6. The van der Waals surface area contributed by atoms with Gasteiger partial charge in [0.25, 0.3) is 11.1 Å². The summed E-state index contributed by atoms with van der Waals surface area (Å²) in [6, 6.07) is 20.5. The minimum absolute atomic E-state index is 0.0515. The van der Waals surface area contributed by atoms with E-state index in [2.05, 4.69) is 40.5 Å². The van der Waals surface area contributed by atoms with E-state index in [1.807, 2.05) is 42.7 Å². The van der Waals surface area contributed by atoms with Crippen LogP contribution in [0.25, 0.3) is 6.08 Å². The number of hydrazone groups is 1. The zero-order chi connectivity index (χ0) is 23.3. The summed E-state index contributed by atoms with van der Waals surface area (Å²) in [7, 11) is 0. The number of rotatable bonds is 7. The third-order valence-electron chi connectivity index (χ3n) is 6.07. The predicted octanol–water partition coefficient (Wildman–Crippen LogP) is 5.85. The van der Waals surface area contributed by atoms with Gasteiger partial charge in [0.2, 0.25) is 5.89 Å². The first-order chi connectivity index (χ1) is 16.7. The molecule has 3 aromatic rings. The molecule has 1 aliphatic carbocycles. The van der Waals surface area contributed by atoms with Gasteiger partial charge in [-0.3, -0.25) is 4.79 Å². The Morgan fingerprint density at radius 3 is 2.65 bits per heavy atom. The van der Waals surface area contributed by atoms with Crippen LogP contribution < -0.4 is 0 Å². The summed E-state index contributed by atoms with van der Waals surface area (Å²) >= 11 is 2.89. The Bertz CT molecular complexity index is 1190. The summed E-state index contributed by atoms with van der Waals surface area (Å²) in [5.74, 6) is 1.58. The first-order valence-electron chi connectivity index (χ1n) is 11.4. The lowest BCUT2D eigenvalue weighted by Gasteiger charge is -2.29. The molecule has 1 aromatic heterocycles. The smallest absolute Gasteiger partial charge is 0.277 e. The van der Waals surface area contributed by atoms with E-state index in [4.69, 9.17) is 9.52 Å². The number of aromatic nitrogens is 2. The highest BCUT2D eigenvalue weighted by molar-refractivity contribution is 7.99. The second-order valence-electron chi connectivity index (χ2n) is 8.34. The molecular formula is C26H26N4O2S2. The molecule has 174 valence electrons. The lowest BCUT2D eigenvalue weighted by molar-refractivity contribution is -0.130. The summed E-state index contributed by atoms with van der Waals surface area (Å²) < 4.78 is 5.63. The Morgan fingerprint density at radius 2 is 1.88 bits per heavy atom. The van der Waals surface area contributed by atoms with E-state index in [0.29, 0.717) is 16.9 Å². The molecule has 6 nitrogen and oxygen atoms in total. The third-order valence-corrected chi connectivity index (χ3v) is 7.41. The van der Waals surface area contributed by atoms with Crippen molar-refractivity contribution in [1.29, 1.82) is 0 Å². The van der Waals surface area contributed by atoms with Crippen LogP contribution in [0.5, 0.6) is 0 Å². The maximum atomic E-state index is 13.4. The van der Waals surface area contributed by atoms with E-state index in [9.17, 15) is 4.79 Å². The Balaban J connectivity index is 1.42. The Morgan fingerprint density at radius 1 is 1.12 bits per heavy atom. The van der Waals surface area contributed by atoms with Gasteiger partial charge in [-0.2, -0.15) is 16.9 Å². The SMILES string of the molecule is CSCc1nnc(SCC(=O)N2N=C3/C(=C/c4ccccc4)CCCC3C2c2ccccc2)o1. The molecule has 2 unspecified atom stereocenters. The maximum absolute atomic E-state index is 13.4. The van der Waals surface area contributed by atoms with Crippen molar-refractivity contribution in [3.05, 3.63) is 83.3 Å². The molecule has 2 atom stereocenters. The van der Waals surface area contributed by atoms with Crippen molar-refractivity contribution in [2.75, 3.05) is 12.0 Å². The fourth-order valence-electron chi connectivity index (χ4n) is 4.61. The van der Waals surface area contributed by atoms with E-state index in [1.54, 1.807) is 16.8 Å². The van der Waals surface area contributed by atoms with Crippen LogP contribution >= 0.6 is 23.5 Å². The number of benzene rings is 2. The van der Waals surface area contributed by atoms with Crippen LogP contribution in [-0.4, -0.2) is 38.8 Å². The van der Waals surface area contributed by atoms with Crippen molar-refractivity contribution in [2.24, 2.45) is 11.0 Å². The van der Waals surface area contributed by atoms with E-state index >= 15 is 0 Å². The van der Waals surface area contributed by atoms with E-state index in [0.717, 1.165) is 36.1 Å². The highest BCUT2D eigenvalue weighted by Crippen LogP contribution is 2.44. The zero-order valence-electron chi connectivity index (χ0n) is 19.0. The molecule has 0 radical (unpaired) electrons. The summed E-state index contributed by atoms with van der Waals surface area (Å²) in [6.07, 6.45) is 7.28. The monoisotopic (exact) mass is 490 g/mol. The van der Waals surface area contributed by atoms with Gasteiger partial charge in [0.1, 0.15) is 0 Å². The van der Waals surface area contributed by atoms with Crippen LogP contribution in [0.3, 0.4) is 0 Å². The molecule has 2 aliphatic rings. The molecule has 1 amide bonds. The quantitative estimate of drug-likeness (QED) is 0.387. The average molecular weight is 491 g/mol. The largest absolute Gasteiger partial charge is 0.415 e. The fraction of sp³-hybridized carbons (Fsp3) is 0.308. The normalized spacial score (nSPS) is 20.9. The van der Waals surface area contributed by atoms with E-state index < -0.39 is 0 Å². The van der Waals surface area contributed by atoms with Gasteiger partial charge in [0.15, 0.2) is 0 Å². The molecule has 0 spiro atoms. The van der Waals surface area contributed by atoms with Crippen molar-refractivity contribution in [2.45, 2.75) is 36.3 Å². The standard InChI is InChI=1S/C26H26N4O2S2/c1-33-16-22-27-28-26(32-22)34-17-23(31)30-25(19-11-6-3-7-12-19)21-14-8-13-20(24(21)29-30)15-18-9-4-2-5-10-18/h2-7,9-12,15,21,25H,8,13-14,16-17H2,1H3/b20-15+. The summed E-state index contributed by atoms with van der Waals surface area (Å²) in [5.41, 5.74) is 4.55. The summed E-state index contributed by atoms with van der Waals surface area (Å²) in [6.45, 7) is 0. The van der Waals surface area contributed by atoms with Gasteiger partial charge in [-0.25, -0.2) is 5.01 Å². The molecule has 34 heavy (non-hydrogen) atoms. The number of carbonyl (C=O) groups excluding carboxylic acids is 1. The lowest BCUT2D eigenvalue weighted by atomic mass is 9.77. The number of nitrogens with zero attached hydrogens (tertiary/aromatic N) is 4. The predicted molar refractivity (Wildman–Crippen MR) is 137 cm³/mol. The van der Waals surface area contributed by atoms with Crippen molar-refractivity contribution < 1.29 is 9.21 Å². The van der Waals surface area contributed by atoms with Crippen molar-refractivity contribution in [3.63, 3.8) is 0 Å². The minimum atomic E-state index is -0.0986. The van der Waals surface area contributed by atoms with Gasteiger partial charge in [-0.05, 0) is 48.3 Å². The molecule has 0 N–H and O–H groups in total. The first-order valence-corrected chi connectivity index (χ1v) is 13.8. The summed E-state index contributed by atoms with van der Waals surface area (Å²) in [5, 5.41) is 15.2. The van der Waals surface area contributed by atoms with Gasteiger partial charge in [0.05, 0.1) is 23.3 Å². The van der Waals surface area contributed by atoms with Crippen LogP contribution in [0.1, 0.15) is 42.3 Å². The van der Waals surface area contributed by atoms with Gasteiger partial charge >= 0.3 is 0 Å². The van der Waals surface area contributed by atoms with Crippen LogP contribution in [0.2, 0.25) is 0 Å². The van der Waals surface area contributed by atoms with Crippen molar-refractivity contribution >= 4 is 41.2 Å². The first kappa shape index (κ1) is 22.9. The maximum Gasteiger partial charge on any atom is 0.277 e. The van der Waals surface area contributed by atoms with E-state index in [1.165, 1.54) is 17.3 Å². The number of thioether (sulfide) groups is 2. The highest BCUT2D eigenvalue weighted by Gasteiger charge is 2.43. The zero-order valence-corrected chi connectivity index (χ0v) is 20.6. The van der Waals surface area contributed by atoms with Gasteiger partial charge in [-0.15, -0.1) is 10.2 Å². The number of allylic oxidation sites excluding steroid dienone is 1. The molecule has 1 fully saturated rings. The second-order valence-corrected chi connectivity index (χ2v) is 10.1. The molecule has 2 aromatic carbocycles. The molecule has 2 heterocycles. The van der Waals surface area contributed by atoms with Gasteiger partial charge in [0, 0.05) is 5.92 Å². The van der Waals surface area contributed by atoms with Crippen LogP contribution in [0, 0.1) is 5.92 Å². The third kappa shape index (κ3) is 4.98. The topological polar surface area (TPSA) is 71.6 Å². The Hall–Kier alpha value is -2.84. The van der Waals surface area contributed by atoms with Gasteiger partial charge < -0.3 is 4.42 Å². The summed E-state index contributed by atoms with van der Waals surface area (Å²) in [4.78, 5) is 13.4. The molecule has 5 rings (SSSR count). The number of hydrogen-bond donors (Lipinski definition) is 0. The average Bonchev–Trinajstić information content (AvgIpc) is 3.49. The molecule has 8 heteroatoms. The number of carbonyl (C=O) groups is 1. The molecule has 1 saturated carbocycles. The van der Waals surface area contributed by atoms with Crippen LogP contribution in [-0.2, 0) is 10.5 Å². The van der Waals surface area contributed by atoms with Gasteiger partial charge in [-0.1, -0.05) is 72.4 Å². The minimum Gasteiger partial charge on any atom is -0.415 e. The fourth-order valence-corrected chi connectivity index (χ4v) is 5.61. The van der Waals surface area contributed by atoms with Crippen LogP contribution in [0.15, 0.2) is 81.0 Å². The molecular weight excluding hydrogens is 464 g/mol. The van der Waals surface area contributed by atoms with Crippen LogP contribution in [0.4, 0.5) is 0 Å². The highest BCUT2D eigenvalue weighted by atomic mass is 32.2. The Labute approximate surface area is 207 Å². The Kier molecular flexibility index (Phi) is 7.16. The molecule has 1 aliphatic heterocycles. The molecule has 0 saturated heterocycles. The van der Waals surface area contributed by atoms with Crippen molar-refractivity contribution in [1.82, 2.24) is 15.2 Å². The lowest BCUT2D eigenvalue weighted by Crippen LogP contribution is -2.32. The number of fused-ring (bicyclic) bond motifs is 1. The molecule has 0 bridgehead atoms. The number of amides is 1. The van der Waals surface area contributed by atoms with Crippen molar-refractivity contribution in [3.8, 4) is 0 Å². The van der Waals surface area contributed by atoms with E-state index in [-0.39, 0.29) is 23.6 Å².